The molecular formula is C18H19NO2. The van der Waals surface area contributed by atoms with E-state index in [1.807, 2.05) is 42.5 Å². The molecule has 108 valence electrons. The second-order valence-corrected chi connectivity index (χ2v) is 5.23. The van der Waals surface area contributed by atoms with Crippen LogP contribution in [0.3, 0.4) is 0 Å². The number of hydrogen-bond donors (Lipinski definition) is 0. The third-order valence-corrected chi connectivity index (χ3v) is 3.92. The zero-order valence-corrected chi connectivity index (χ0v) is 12.4. The largest absolute Gasteiger partial charge is 0.497 e. The molecule has 0 saturated heterocycles. The molecule has 0 spiro atoms. The summed E-state index contributed by atoms with van der Waals surface area (Å²) < 4.78 is 7.55. The van der Waals surface area contributed by atoms with Gasteiger partial charge in [-0.3, -0.25) is 4.79 Å². The van der Waals surface area contributed by atoms with Crippen LogP contribution in [0.4, 0.5) is 0 Å². The van der Waals surface area contributed by atoms with E-state index >= 15 is 0 Å². The van der Waals surface area contributed by atoms with Crippen LogP contribution in [0.25, 0.3) is 21.8 Å². The highest BCUT2D eigenvalue weighted by Gasteiger charge is 2.10. The van der Waals surface area contributed by atoms with Crippen molar-refractivity contribution in [2.75, 3.05) is 7.11 Å². The van der Waals surface area contributed by atoms with Gasteiger partial charge in [0.25, 0.3) is 0 Å². The van der Waals surface area contributed by atoms with Crippen LogP contribution in [0.2, 0.25) is 0 Å². The number of aromatic nitrogens is 1. The Morgan fingerprint density at radius 3 is 2.57 bits per heavy atom. The van der Waals surface area contributed by atoms with Crippen LogP contribution < -0.4 is 10.2 Å². The Labute approximate surface area is 123 Å². The highest BCUT2D eigenvalue weighted by atomic mass is 16.5. The Hall–Kier alpha value is -2.29. The molecular weight excluding hydrogens is 262 g/mol. The number of benzene rings is 2. The van der Waals surface area contributed by atoms with Crippen molar-refractivity contribution in [3.05, 3.63) is 52.7 Å². The summed E-state index contributed by atoms with van der Waals surface area (Å²) in [5, 5.41) is 1.54. The Balaban J connectivity index is 2.43. The fourth-order valence-corrected chi connectivity index (χ4v) is 2.79. The summed E-state index contributed by atoms with van der Waals surface area (Å²) in [7, 11) is 1.65. The molecule has 1 heterocycles. The van der Waals surface area contributed by atoms with Crippen LogP contribution in [0.1, 0.15) is 19.8 Å². The summed E-state index contributed by atoms with van der Waals surface area (Å²) in [4.78, 5) is 12.7. The predicted molar refractivity (Wildman–Crippen MR) is 87.2 cm³/mol. The lowest BCUT2D eigenvalue weighted by molar-refractivity contribution is 0.415. The number of nitrogens with zero attached hydrogens (tertiary/aromatic N) is 1. The Morgan fingerprint density at radius 2 is 1.81 bits per heavy atom. The quantitative estimate of drug-likeness (QED) is 0.678. The lowest BCUT2D eigenvalue weighted by Gasteiger charge is -2.15. The average Bonchev–Trinajstić information content (AvgIpc) is 2.54. The number of para-hydroxylation sites is 1. The molecule has 0 aliphatic rings. The third-order valence-electron chi connectivity index (χ3n) is 3.92. The van der Waals surface area contributed by atoms with Gasteiger partial charge < -0.3 is 9.30 Å². The smallest absolute Gasteiger partial charge is 0.197 e. The average molecular weight is 281 g/mol. The second kappa shape index (κ2) is 5.60. The maximum atomic E-state index is 12.7. The van der Waals surface area contributed by atoms with E-state index in [9.17, 15) is 4.79 Å². The van der Waals surface area contributed by atoms with Crippen molar-refractivity contribution in [3.8, 4) is 5.75 Å². The van der Waals surface area contributed by atoms with Crippen molar-refractivity contribution in [3.63, 3.8) is 0 Å². The molecule has 0 amide bonds. The third kappa shape index (κ3) is 2.29. The number of rotatable bonds is 4. The van der Waals surface area contributed by atoms with Gasteiger partial charge in [0.15, 0.2) is 5.43 Å². The summed E-state index contributed by atoms with van der Waals surface area (Å²) >= 11 is 0. The fourth-order valence-electron chi connectivity index (χ4n) is 2.79. The standard InChI is InChI=1S/C18H19NO2/c1-3-4-11-19-16-8-6-5-7-14(16)18(20)15-10-9-13(21-2)12-17(15)19/h5-10,12H,3-4,11H2,1-2H3. The molecule has 0 aliphatic carbocycles. The first-order valence-corrected chi connectivity index (χ1v) is 7.35. The molecule has 0 aliphatic heterocycles. The summed E-state index contributed by atoms with van der Waals surface area (Å²) in [5.74, 6) is 0.780. The maximum absolute atomic E-state index is 12.7. The van der Waals surface area contributed by atoms with E-state index in [2.05, 4.69) is 11.5 Å². The van der Waals surface area contributed by atoms with Crippen LogP contribution in [0.15, 0.2) is 47.3 Å². The van der Waals surface area contributed by atoms with Gasteiger partial charge in [-0.1, -0.05) is 25.5 Å². The molecule has 21 heavy (non-hydrogen) atoms. The number of methoxy groups -OCH3 is 1. The molecule has 0 fully saturated rings. The van der Waals surface area contributed by atoms with Crippen molar-refractivity contribution in [1.82, 2.24) is 4.57 Å². The van der Waals surface area contributed by atoms with Crippen LogP contribution >= 0.6 is 0 Å². The van der Waals surface area contributed by atoms with Gasteiger partial charge in [-0.05, 0) is 30.7 Å². The van der Waals surface area contributed by atoms with E-state index < -0.39 is 0 Å². The number of unbranched alkanes of at least 4 members (excludes halogenated alkanes) is 1. The molecule has 0 bridgehead atoms. The van der Waals surface area contributed by atoms with E-state index in [0.29, 0.717) is 0 Å². The monoisotopic (exact) mass is 281 g/mol. The lowest BCUT2D eigenvalue weighted by atomic mass is 10.1. The molecule has 0 saturated carbocycles. The molecule has 1 aromatic heterocycles. The number of pyridine rings is 1. The lowest BCUT2D eigenvalue weighted by Crippen LogP contribution is -2.11. The Kier molecular flexibility index (Phi) is 3.65. The number of hydrogen-bond acceptors (Lipinski definition) is 2. The first kappa shape index (κ1) is 13.7. The predicted octanol–water partition coefficient (Wildman–Crippen LogP) is 3.96. The molecule has 3 nitrogen and oxygen atoms in total. The SMILES string of the molecule is CCCCn1c2ccccc2c(=O)c2ccc(OC)cc21. The van der Waals surface area contributed by atoms with Gasteiger partial charge in [0.2, 0.25) is 0 Å². The molecule has 0 atom stereocenters. The zero-order valence-electron chi connectivity index (χ0n) is 12.4. The topological polar surface area (TPSA) is 31.2 Å². The minimum atomic E-state index is 0.0935. The van der Waals surface area contributed by atoms with Gasteiger partial charge in [-0.2, -0.15) is 0 Å². The summed E-state index contributed by atoms with van der Waals surface area (Å²) in [6, 6.07) is 13.5. The van der Waals surface area contributed by atoms with Crippen molar-refractivity contribution < 1.29 is 4.74 Å². The van der Waals surface area contributed by atoms with Crippen LogP contribution in [0, 0.1) is 0 Å². The summed E-state index contributed by atoms with van der Waals surface area (Å²) in [6.07, 6.45) is 2.20. The van der Waals surface area contributed by atoms with Crippen LogP contribution in [0.5, 0.6) is 5.75 Å². The first-order chi connectivity index (χ1) is 10.3. The van der Waals surface area contributed by atoms with Gasteiger partial charge >= 0.3 is 0 Å². The molecule has 0 radical (unpaired) electrons. The molecule has 2 aromatic carbocycles. The normalized spacial score (nSPS) is 11.1. The first-order valence-electron chi connectivity index (χ1n) is 7.35. The van der Waals surface area contributed by atoms with Crippen LogP contribution in [-0.2, 0) is 6.54 Å². The Morgan fingerprint density at radius 1 is 1.05 bits per heavy atom. The van der Waals surface area contributed by atoms with Crippen molar-refractivity contribution in [2.24, 2.45) is 0 Å². The van der Waals surface area contributed by atoms with Gasteiger partial charge in [0.1, 0.15) is 5.75 Å². The highest BCUT2D eigenvalue weighted by molar-refractivity contribution is 5.94. The van der Waals surface area contributed by atoms with E-state index in [-0.39, 0.29) is 5.43 Å². The van der Waals surface area contributed by atoms with Gasteiger partial charge in [0, 0.05) is 23.4 Å². The summed E-state index contributed by atoms with van der Waals surface area (Å²) in [5.41, 5.74) is 2.04. The minimum absolute atomic E-state index is 0.0935. The van der Waals surface area contributed by atoms with E-state index in [1.165, 1.54) is 0 Å². The molecule has 0 unspecified atom stereocenters. The molecule has 3 rings (SSSR count). The molecule has 0 N–H and O–H groups in total. The molecule has 3 heteroatoms. The number of ether oxygens (including phenoxy) is 1. The van der Waals surface area contributed by atoms with E-state index in [0.717, 1.165) is 46.9 Å². The van der Waals surface area contributed by atoms with Gasteiger partial charge in [0.05, 0.1) is 18.1 Å². The van der Waals surface area contributed by atoms with Crippen LogP contribution in [-0.4, -0.2) is 11.7 Å². The van der Waals surface area contributed by atoms with Crippen molar-refractivity contribution in [1.29, 1.82) is 0 Å². The molecule has 3 aromatic rings. The number of aryl methyl sites for hydroxylation is 1. The van der Waals surface area contributed by atoms with Crippen molar-refractivity contribution in [2.45, 2.75) is 26.3 Å². The zero-order chi connectivity index (χ0) is 14.8. The fraction of sp³-hybridized carbons (Fsp3) is 0.278. The Bertz CT molecular complexity index is 849. The maximum Gasteiger partial charge on any atom is 0.197 e. The van der Waals surface area contributed by atoms with E-state index in [1.54, 1.807) is 7.11 Å². The van der Waals surface area contributed by atoms with Gasteiger partial charge in [-0.15, -0.1) is 0 Å². The minimum Gasteiger partial charge on any atom is -0.497 e. The highest BCUT2D eigenvalue weighted by Crippen LogP contribution is 2.23. The summed E-state index contributed by atoms with van der Waals surface area (Å²) in [6.45, 7) is 3.08. The van der Waals surface area contributed by atoms with Gasteiger partial charge in [-0.25, -0.2) is 0 Å². The second-order valence-electron chi connectivity index (χ2n) is 5.23. The number of fused-ring (bicyclic) bond motifs is 2. The van der Waals surface area contributed by atoms with E-state index in [4.69, 9.17) is 4.74 Å². The van der Waals surface area contributed by atoms with Crippen molar-refractivity contribution >= 4 is 21.8 Å².